The zero-order valence-corrected chi connectivity index (χ0v) is 12.2. The molecular formula is C12H16ClN7. The highest BCUT2D eigenvalue weighted by atomic mass is 35.5. The fraction of sp³-hybridized carbons (Fsp3) is 0.583. The van der Waals surface area contributed by atoms with Gasteiger partial charge in [-0.05, 0) is 29.9 Å². The molecule has 2 atom stereocenters. The van der Waals surface area contributed by atoms with E-state index in [0.717, 1.165) is 13.1 Å². The number of rotatable bonds is 2. The molecule has 0 saturated carbocycles. The predicted molar refractivity (Wildman–Crippen MR) is 74.9 cm³/mol. The van der Waals surface area contributed by atoms with Crippen LogP contribution in [-0.4, -0.2) is 42.8 Å². The van der Waals surface area contributed by atoms with Crippen LogP contribution in [0.3, 0.4) is 0 Å². The third-order valence-corrected chi connectivity index (χ3v) is 3.53. The van der Waals surface area contributed by atoms with Gasteiger partial charge in [0.05, 0.1) is 0 Å². The van der Waals surface area contributed by atoms with E-state index >= 15 is 0 Å². The molecule has 0 bridgehead atoms. The number of hydrogen-bond acceptors (Lipinski definition) is 6. The summed E-state index contributed by atoms with van der Waals surface area (Å²) in [5.74, 6) is 2.23. The Labute approximate surface area is 122 Å². The first kappa shape index (κ1) is 13.2. The normalized spacial score (nSPS) is 23.1. The molecule has 20 heavy (non-hydrogen) atoms. The lowest BCUT2D eigenvalue weighted by Gasteiger charge is -2.34. The molecule has 1 saturated heterocycles. The van der Waals surface area contributed by atoms with E-state index in [1.807, 2.05) is 0 Å². The van der Waals surface area contributed by atoms with Crippen LogP contribution < -0.4 is 4.90 Å². The van der Waals surface area contributed by atoms with E-state index < -0.39 is 0 Å². The Morgan fingerprint density at radius 3 is 2.45 bits per heavy atom. The number of piperidine rings is 1. The van der Waals surface area contributed by atoms with E-state index in [4.69, 9.17) is 11.6 Å². The summed E-state index contributed by atoms with van der Waals surface area (Å²) in [6.07, 6.45) is 4.20. The second-order valence-electron chi connectivity index (χ2n) is 5.40. The van der Waals surface area contributed by atoms with Crippen molar-refractivity contribution in [3.05, 3.63) is 17.9 Å². The van der Waals surface area contributed by atoms with Gasteiger partial charge in [0.15, 0.2) is 0 Å². The first-order valence-corrected chi connectivity index (χ1v) is 7.01. The number of nitrogens with zero attached hydrogens (tertiary/aromatic N) is 7. The zero-order valence-electron chi connectivity index (χ0n) is 11.4. The maximum Gasteiger partial charge on any atom is 0.258 e. The standard InChI is InChI=1S/C12H16ClN7/c1-8-3-9(2)5-19(4-8)11-16-10(13)17-12(18-11)20-7-14-6-15-20/h6-9H,3-5H2,1-2H3. The van der Waals surface area contributed by atoms with Crippen LogP contribution in [0.4, 0.5) is 5.95 Å². The monoisotopic (exact) mass is 293 g/mol. The molecule has 2 aromatic rings. The lowest BCUT2D eigenvalue weighted by Crippen LogP contribution is -2.40. The van der Waals surface area contributed by atoms with Gasteiger partial charge >= 0.3 is 0 Å². The first-order chi connectivity index (χ1) is 9.61. The number of aromatic nitrogens is 6. The Bertz CT molecular complexity index is 575. The predicted octanol–water partition coefficient (Wildman–Crippen LogP) is 1.59. The Kier molecular flexibility index (Phi) is 3.52. The maximum atomic E-state index is 6.01. The fourth-order valence-electron chi connectivity index (χ4n) is 2.71. The molecule has 1 aliphatic rings. The molecule has 8 heteroatoms. The lowest BCUT2D eigenvalue weighted by molar-refractivity contribution is 0.353. The topological polar surface area (TPSA) is 72.6 Å². The first-order valence-electron chi connectivity index (χ1n) is 6.63. The van der Waals surface area contributed by atoms with E-state index in [-0.39, 0.29) is 5.28 Å². The molecule has 1 fully saturated rings. The van der Waals surface area contributed by atoms with E-state index in [2.05, 4.69) is 43.8 Å². The second kappa shape index (κ2) is 5.32. The van der Waals surface area contributed by atoms with Crippen molar-refractivity contribution in [3.63, 3.8) is 0 Å². The van der Waals surface area contributed by atoms with Gasteiger partial charge in [-0.15, -0.1) is 0 Å². The van der Waals surface area contributed by atoms with E-state index in [1.54, 1.807) is 0 Å². The van der Waals surface area contributed by atoms with Crippen LogP contribution in [-0.2, 0) is 0 Å². The Morgan fingerprint density at radius 1 is 1.10 bits per heavy atom. The molecule has 7 nitrogen and oxygen atoms in total. The third kappa shape index (κ3) is 2.72. The molecular weight excluding hydrogens is 278 g/mol. The van der Waals surface area contributed by atoms with Gasteiger partial charge in [-0.25, -0.2) is 4.98 Å². The van der Waals surface area contributed by atoms with Gasteiger partial charge in [-0.1, -0.05) is 13.8 Å². The average Bonchev–Trinajstić information content (AvgIpc) is 2.90. The molecule has 0 spiro atoms. The van der Waals surface area contributed by atoms with Crippen molar-refractivity contribution in [1.82, 2.24) is 29.7 Å². The molecule has 2 aromatic heterocycles. The quantitative estimate of drug-likeness (QED) is 0.837. The highest BCUT2D eigenvalue weighted by Crippen LogP contribution is 2.24. The smallest absolute Gasteiger partial charge is 0.258 e. The minimum absolute atomic E-state index is 0.173. The molecule has 0 amide bonds. The van der Waals surface area contributed by atoms with Gasteiger partial charge in [0, 0.05) is 13.1 Å². The van der Waals surface area contributed by atoms with Crippen molar-refractivity contribution >= 4 is 17.5 Å². The highest BCUT2D eigenvalue weighted by molar-refractivity contribution is 6.28. The summed E-state index contributed by atoms with van der Waals surface area (Å²) in [5.41, 5.74) is 0. The van der Waals surface area contributed by atoms with Crippen molar-refractivity contribution in [1.29, 1.82) is 0 Å². The highest BCUT2D eigenvalue weighted by Gasteiger charge is 2.24. The molecule has 0 radical (unpaired) electrons. The Hall–Kier alpha value is -1.76. The minimum atomic E-state index is 0.173. The van der Waals surface area contributed by atoms with Gasteiger partial charge in [0.2, 0.25) is 11.2 Å². The van der Waals surface area contributed by atoms with Crippen LogP contribution in [0.15, 0.2) is 12.7 Å². The Balaban J connectivity index is 1.93. The van der Waals surface area contributed by atoms with Gasteiger partial charge in [-0.3, -0.25) is 0 Å². The summed E-state index contributed by atoms with van der Waals surface area (Å²) in [6, 6.07) is 0. The number of anilines is 1. The van der Waals surface area contributed by atoms with Crippen molar-refractivity contribution in [3.8, 4) is 5.95 Å². The molecule has 0 aromatic carbocycles. The molecule has 0 N–H and O–H groups in total. The van der Waals surface area contributed by atoms with E-state index in [9.17, 15) is 0 Å². The number of halogens is 1. The molecule has 1 aliphatic heterocycles. The van der Waals surface area contributed by atoms with Crippen LogP contribution in [0, 0.1) is 11.8 Å². The van der Waals surface area contributed by atoms with Crippen molar-refractivity contribution in [2.75, 3.05) is 18.0 Å². The van der Waals surface area contributed by atoms with Gasteiger partial charge in [0.25, 0.3) is 5.95 Å². The van der Waals surface area contributed by atoms with Crippen molar-refractivity contribution in [2.24, 2.45) is 11.8 Å². The molecule has 0 aliphatic carbocycles. The third-order valence-electron chi connectivity index (χ3n) is 3.36. The number of hydrogen-bond donors (Lipinski definition) is 0. The van der Waals surface area contributed by atoms with E-state index in [1.165, 1.54) is 23.8 Å². The van der Waals surface area contributed by atoms with Crippen LogP contribution in [0.5, 0.6) is 0 Å². The fourth-order valence-corrected chi connectivity index (χ4v) is 2.86. The summed E-state index contributed by atoms with van der Waals surface area (Å²) in [6.45, 7) is 6.34. The van der Waals surface area contributed by atoms with Gasteiger partial charge < -0.3 is 4.90 Å². The maximum absolute atomic E-state index is 6.01. The summed E-state index contributed by atoms with van der Waals surface area (Å²) < 4.78 is 1.48. The zero-order chi connectivity index (χ0) is 14.1. The molecule has 106 valence electrons. The van der Waals surface area contributed by atoms with Crippen LogP contribution in [0.25, 0.3) is 5.95 Å². The van der Waals surface area contributed by atoms with Crippen LogP contribution in [0.2, 0.25) is 5.28 Å². The Morgan fingerprint density at radius 2 is 1.80 bits per heavy atom. The largest absolute Gasteiger partial charge is 0.340 e. The lowest BCUT2D eigenvalue weighted by atomic mass is 9.92. The van der Waals surface area contributed by atoms with Crippen LogP contribution in [0.1, 0.15) is 20.3 Å². The molecule has 3 heterocycles. The summed E-state index contributed by atoms with van der Waals surface area (Å²) in [5, 5.41) is 4.19. The second-order valence-corrected chi connectivity index (χ2v) is 5.73. The van der Waals surface area contributed by atoms with Crippen LogP contribution >= 0.6 is 11.6 Å². The molecule has 2 unspecified atom stereocenters. The SMILES string of the molecule is CC1CC(C)CN(c2nc(Cl)nc(-n3cncn3)n2)C1. The van der Waals surface area contributed by atoms with Gasteiger partial charge in [0.1, 0.15) is 12.7 Å². The van der Waals surface area contributed by atoms with Crippen molar-refractivity contribution < 1.29 is 0 Å². The van der Waals surface area contributed by atoms with Gasteiger partial charge in [-0.2, -0.15) is 24.7 Å². The summed E-state index contributed by atoms with van der Waals surface area (Å²) in [7, 11) is 0. The minimum Gasteiger partial charge on any atom is -0.340 e. The average molecular weight is 294 g/mol. The summed E-state index contributed by atoms with van der Waals surface area (Å²) in [4.78, 5) is 18.8. The van der Waals surface area contributed by atoms with Crippen molar-refractivity contribution in [2.45, 2.75) is 20.3 Å². The molecule has 3 rings (SSSR count). The van der Waals surface area contributed by atoms with E-state index in [0.29, 0.717) is 23.7 Å². The summed E-state index contributed by atoms with van der Waals surface area (Å²) >= 11 is 6.01.